The second kappa shape index (κ2) is 13.1. The summed E-state index contributed by atoms with van der Waals surface area (Å²) in [4.78, 5) is 12.8. The maximum absolute atomic E-state index is 12.8. The van der Waals surface area contributed by atoms with E-state index in [-0.39, 0.29) is 23.0 Å². The largest absolute Gasteiger partial charge is 0.454 e. The molecule has 5 heteroatoms. The van der Waals surface area contributed by atoms with Crippen molar-refractivity contribution in [2.45, 2.75) is 91.6 Å². The Hall–Kier alpha value is -2.73. The van der Waals surface area contributed by atoms with Crippen LogP contribution >= 0.6 is 0 Å². The number of carbonyl (C=O) groups excluding carboxylic acids is 1. The predicted molar refractivity (Wildman–Crippen MR) is 164 cm³/mol. The number of allylic oxidation sites excluding steroid dienone is 2. The summed E-state index contributed by atoms with van der Waals surface area (Å²) in [5.74, 6) is -0.443. The summed E-state index contributed by atoms with van der Waals surface area (Å²) in [6.45, 7) is 16.5. The van der Waals surface area contributed by atoms with Crippen molar-refractivity contribution in [1.29, 1.82) is 0 Å². The molecule has 0 saturated heterocycles. The number of ether oxygens (including phenoxy) is 1. The molecule has 1 N–H and O–H groups in total. The number of cyclic esters (lactones) is 1. The van der Waals surface area contributed by atoms with Gasteiger partial charge in [-0.2, -0.15) is 0 Å². The minimum Gasteiger partial charge on any atom is -0.454 e. The number of esters is 1. The summed E-state index contributed by atoms with van der Waals surface area (Å²) >= 11 is 0. The molecule has 4 atom stereocenters. The van der Waals surface area contributed by atoms with Crippen LogP contribution in [0.3, 0.4) is 0 Å². The number of aliphatic hydroxyl groups is 1. The highest BCUT2D eigenvalue weighted by Crippen LogP contribution is 2.39. The molecule has 2 aromatic rings. The van der Waals surface area contributed by atoms with Gasteiger partial charge < -0.3 is 14.3 Å². The monoisotopic (exact) mass is 546 g/mol. The minimum atomic E-state index is -2.92. The Bertz CT molecular complexity index is 1150. The molecule has 0 spiro atoms. The number of aliphatic hydroxyl groups excluding tert-OH is 1. The molecular formula is C34H46O4Si. The van der Waals surface area contributed by atoms with Crippen LogP contribution in [0.15, 0.2) is 95.6 Å². The van der Waals surface area contributed by atoms with Gasteiger partial charge in [-0.15, -0.1) is 0 Å². The third-order valence-electron chi connectivity index (χ3n) is 8.05. The number of rotatable bonds is 5. The topological polar surface area (TPSA) is 55.8 Å². The van der Waals surface area contributed by atoms with Gasteiger partial charge in [0.1, 0.15) is 6.10 Å². The van der Waals surface area contributed by atoms with Gasteiger partial charge in [0.15, 0.2) is 0 Å². The fourth-order valence-electron chi connectivity index (χ4n) is 5.34. The van der Waals surface area contributed by atoms with Gasteiger partial charge in [0.25, 0.3) is 8.32 Å². The van der Waals surface area contributed by atoms with Gasteiger partial charge in [-0.1, -0.05) is 107 Å². The number of carbonyl (C=O) groups is 1. The molecule has 1 aliphatic heterocycles. The molecule has 4 nitrogen and oxygen atoms in total. The summed E-state index contributed by atoms with van der Waals surface area (Å²) in [6.07, 6.45) is 5.36. The van der Waals surface area contributed by atoms with Crippen molar-refractivity contribution in [2.24, 2.45) is 5.92 Å². The molecule has 0 aliphatic carbocycles. The van der Waals surface area contributed by atoms with Crippen LogP contribution in [-0.4, -0.2) is 37.7 Å². The lowest BCUT2D eigenvalue weighted by Gasteiger charge is -2.46. The molecule has 2 aromatic carbocycles. The first kappa shape index (κ1) is 30.8. The van der Waals surface area contributed by atoms with Crippen molar-refractivity contribution in [2.75, 3.05) is 0 Å². The van der Waals surface area contributed by atoms with E-state index in [1.165, 1.54) is 10.4 Å². The van der Waals surface area contributed by atoms with Gasteiger partial charge in [0, 0.05) is 12.0 Å². The zero-order chi connectivity index (χ0) is 28.8. The third-order valence-corrected chi connectivity index (χ3v) is 13.1. The molecule has 1 heterocycles. The molecule has 3 rings (SSSR count). The minimum absolute atomic E-state index is 0.133. The van der Waals surface area contributed by atoms with E-state index in [0.29, 0.717) is 18.4 Å². The first-order chi connectivity index (χ1) is 18.4. The Morgan fingerprint density at radius 3 is 2.00 bits per heavy atom. The standard InChI is InChI=1S/C34H46O4Si/c1-9-24(2)30-23-22-26(4)32(31(35)25(3)20-21-27(5)33(36)37-30)38-39(34(6,7)8,28-16-12-10-13-17-28)29-18-14-11-15-19-29/h9-19,21-22,25,30-32,35H,20,23H2,1-8H3/b24-9-,26-22+,27-21-/t25?,30-,31-,32-/m1/s1. The summed E-state index contributed by atoms with van der Waals surface area (Å²) in [5.41, 5.74) is 2.51. The Labute approximate surface area is 236 Å². The fraction of sp³-hybridized carbons (Fsp3) is 0.441. The summed E-state index contributed by atoms with van der Waals surface area (Å²) in [5, 5.41) is 14.0. The van der Waals surface area contributed by atoms with Crippen LogP contribution in [0.5, 0.6) is 0 Å². The maximum atomic E-state index is 12.8. The van der Waals surface area contributed by atoms with Gasteiger partial charge in [-0.3, -0.25) is 0 Å². The number of benzene rings is 2. The Balaban J connectivity index is 2.21. The van der Waals surface area contributed by atoms with E-state index in [0.717, 1.165) is 11.1 Å². The molecule has 210 valence electrons. The van der Waals surface area contributed by atoms with E-state index in [9.17, 15) is 9.90 Å². The lowest BCUT2D eigenvalue weighted by Crippen LogP contribution is -2.68. The summed E-state index contributed by atoms with van der Waals surface area (Å²) in [7, 11) is -2.92. The molecule has 1 unspecified atom stereocenters. The highest BCUT2D eigenvalue weighted by atomic mass is 28.4. The van der Waals surface area contributed by atoms with E-state index >= 15 is 0 Å². The second-order valence-corrected chi connectivity index (χ2v) is 16.2. The van der Waals surface area contributed by atoms with Crippen molar-refractivity contribution in [3.8, 4) is 0 Å². The van der Waals surface area contributed by atoms with Crippen LogP contribution in [0, 0.1) is 5.92 Å². The van der Waals surface area contributed by atoms with Gasteiger partial charge in [0.2, 0.25) is 0 Å². The highest BCUT2D eigenvalue weighted by molar-refractivity contribution is 6.99. The van der Waals surface area contributed by atoms with Crippen LogP contribution in [0.1, 0.15) is 68.2 Å². The Kier molecular flexibility index (Phi) is 10.3. The molecule has 0 fully saturated rings. The highest BCUT2D eigenvalue weighted by Gasteiger charge is 2.52. The van der Waals surface area contributed by atoms with E-state index < -0.39 is 20.5 Å². The molecule has 1 aliphatic rings. The summed E-state index contributed by atoms with van der Waals surface area (Å²) < 4.78 is 13.4. The lowest BCUT2D eigenvalue weighted by molar-refractivity contribution is -0.142. The molecule has 0 bridgehead atoms. The van der Waals surface area contributed by atoms with Crippen molar-refractivity contribution < 1.29 is 19.1 Å². The molecule has 39 heavy (non-hydrogen) atoms. The van der Waals surface area contributed by atoms with E-state index in [2.05, 4.69) is 75.4 Å². The van der Waals surface area contributed by atoms with Gasteiger partial charge in [-0.25, -0.2) is 4.79 Å². The summed E-state index contributed by atoms with van der Waals surface area (Å²) in [6, 6.07) is 21.1. The Morgan fingerprint density at radius 2 is 1.51 bits per heavy atom. The zero-order valence-electron chi connectivity index (χ0n) is 24.9. The molecular weight excluding hydrogens is 500 g/mol. The number of hydrogen-bond acceptors (Lipinski definition) is 4. The quantitative estimate of drug-likeness (QED) is 0.264. The molecule has 0 saturated carbocycles. The molecule has 0 radical (unpaired) electrons. The van der Waals surface area contributed by atoms with Gasteiger partial charge >= 0.3 is 5.97 Å². The lowest BCUT2D eigenvalue weighted by atomic mass is 9.91. The van der Waals surface area contributed by atoms with Crippen molar-refractivity contribution >= 4 is 24.7 Å². The van der Waals surface area contributed by atoms with Crippen molar-refractivity contribution in [3.05, 3.63) is 95.6 Å². The number of hydrogen-bond donors (Lipinski definition) is 1. The zero-order valence-corrected chi connectivity index (χ0v) is 25.9. The normalized spacial score (nSPS) is 26.8. The van der Waals surface area contributed by atoms with Crippen molar-refractivity contribution in [1.82, 2.24) is 0 Å². The molecule has 0 aromatic heterocycles. The maximum Gasteiger partial charge on any atom is 0.333 e. The average Bonchev–Trinajstić information content (AvgIpc) is 2.93. The van der Waals surface area contributed by atoms with Gasteiger partial charge in [-0.05, 0) is 66.6 Å². The SMILES string of the molecule is C/C=C(/C)[C@H]1C/C=C(\C)[C@@H](O[Si](c2ccccc2)(c2ccccc2)C(C)(C)C)[C@H](O)C(C)C/C=C(/C)C(=O)O1. The van der Waals surface area contributed by atoms with E-state index in [4.69, 9.17) is 9.16 Å². The van der Waals surface area contributed by atoms with E-state index in [1.54, 1.807) is 6.92 Å². The second-order valence-electron chi connectivity index (χ2n) is 11.9. The van der Waals surface area contributed by atoms with Crippen LogP contribution in [0.2, 0.25) is 5.04 Å². The van der Waals surface area contributed by atoms with E-state index in [1.807, 2.05) is 52.0 Å². The third kappa shape index (κ3) is 6.89. The first-order valence-corrected chi connectivity index (χ1v) is 16.0. The van der Waals surface area contributed by atoms with Crippen LogP contribution < -0.4 is 10.4 Å². The smallest absolute Gasteiger partial charge is 0.333 e. The fourth-order valence-corrected chi connectivity index (χ4v) is 10.1. The van der Waals surface area contributed by atoms with Crippen LogP contribution in [0.25, 0.3) is 0 Å². The predicted octanol–water partition coefficient (Wildman–Crippen LogP) is 6.49. The van der Waals surface area contributed by atoms with Gasteiger partial charge in [0.05, 0.1) is 12.2 Å². The first-order valence-electron chi connectivity index (χ1n) is 14.1. The van der Waals surface area contributed by atoms with Crippen LogP contribution in [-0.2, 0) is 14.0 Å². The molecule has 0 amide bonds. The average molecular weight is 547 g/mol. The van der Waals surface area contributed by atoms with Crippen molar-refractivity contribution in [3.63, 3.8) is 0 Å². The van der Waals surface area contributed by atoms with Crippen LogP contribution in [0.4, 0.5) is 0 Å². The Morgan fingerprint density at radius 1 is 0.974 bits per heavy atom.